The number of thioether (sulfide) groups is 1. The Hall–Kier alpha value is -0.770. The summed E-state index contributed by atoms with van der Waals surface area (Å²) >= 11 is 1.86. The van der Waals surface area contributed by atoms with Crippen LogP contribution in [0.4, 0.5) is 5.82 Å². The fraction of sp³-hybridized carbons (Fsp3) is 0.667. The number of nitrogens with one attached hydrogen (secondary N) is 1. The van der Waals surface area contributed by atoms with Gasteiger partial charge in [0.1, 0.15) is 11.6 Å². The lowest BCUT2D eigenvalue weighted by atomic mass is 10.2. The maximum Gasteiger partial charge on any atom is 0.130 e. The van der Waals surface area contributed by atoms with Crippen LogP contribution in [0.25, 0.3) is 0 Å². The van der Waals surface area contributed by atoms with Crippen molar-refractivity contribution in [2.75, 3.05) is 17.3 Å². The third-order valence-electron chi connectivity index (χ3n) is 2.47. The number of nitrogens with zero attached hydrogens (tertiary/aromatic N) is 2. The largest absolute Gasteiger partial charge is 0.366 e. The standard InChI is InChI=1S/C12H21N3S/c1-5-10-7-12(14-9(3)13-10)15-11(6-2)8-16-4/h7,11H,5-6,8H2,1-4H3,(H,13,14,15). The maximum absolute atomic E-state index is 4.42. The highest BCUT2D eigenvalue weighted by Gasteiger charge is 2.07. The van der Waals surface area contributed by atoms with E-state index in [2.05, 4.69) is 41.5 Å². The van der Waals surface area contributed by atoms with Gasteiger partial charge in [-0.3, -0.25) is 0 Å². The van der Waals surface area contributed by atoms with Crippen LogP contribution in [0.3, 0.4) is 0 Å². The molecule has 0 aliphatic carbocycles. The van der Waals surface area contributed by atoms with Crippen LogP contribution in [0.5, 0.6) is 0 Å². The molecule has 1 heterocycles. The van der Waals surface area contributed by atoms with Crippen molar-refractivity contribution >= 4 is 17.6 Å². The minimum atomic E-state index is 0.494. The molecule has 0 spiro atoms. The summed E-state index contributed by atoms with van der Waals surface area (Å²) in [5, 5.41) is 3.47. The molecule has 3 nitrogen and oxygen atoms in total. The number of rotatable bonds is 6. The summed E-state index contributed by atoms with van der Waals surface area (Å²) in [5.74, 6) is 2.92. The molecule has 0 aliphatic rings. The molecular formula is C12H21N3S. The molecule has 0 saturated heterocycles. The molecule has 1 rings (SSSR count). The van der Waals surface area contributed by atoms with Gasteiger partial charge in [0.2, 0.25) is 0 Å². The van der Waals surface area contributed by atoms with Crippen molar-refractivity contribution in [3.63, 3.8) is 0 Å². The zero-order valence-corrected chi connectivity index (χ0v) is 11.4. The summed E-state index contributed by atoms with van der Waals surface area (Å²) < 4.78 is 0. The predicted octanol–water partition coefficient (Wildman–Crippen LogP) is 2.90. The first kappa shape index (κ1) is 13.3. The van der Waals surface area contributed by atoms with Gasteiger partial charge in [0, 0.05) is 23.6 Å². The van der Waals surface area contributed by atoms with Crippen LogP contribution in [0, 0.1) is 6.92 Å². The van der Waals surface area contributed by atoms with Crippen molar-refractivity contribution in [1.82, 2.24) is 9.97 Å². The molecule has 0 bridgehead atoms. The zero-order valence-electron chi connectivity index (χ0n) is 10.6. The third kappa shape index (κ3) is 4.00. The minimum absolute atomic E-state index is 0.494. The fourth-order valence-corrected chi connectivity index (χ4v) is 2.28. The topological polar surface area (TPSA) is 37.8 Å². The number of aromatic nitrogens is 2. The number of hydrogen-bond donors (Lipinski definition) is 1. The normalized spacial score (nSPS) is 12.5. The molecule has 16 heavy (non-hydrogen) atoms. The van der Waals surface area contributed by atoms with Gasteiger partial charge in [0.15, 0.2) is 0 Å². The van der Waals surface area contributed by atoms with Crippen molar-refractivity contribution in [2.45, 2.75) is 39.7 Å². The first-order valence-corrected chi connectivity index (χ1v) is 7.19. The van der Waals surface area contributed by atoms with Gasteiger partial charge < -0.3 is 5.32 Å². The Balaban J connectivity index is 2.74. The Labute approximate surface area is 102 Å². The molecule has 0 fully saturated rings. The Kier molecular flexibility index (Phi) is 5.60. The molecule has 0 saturated carbocycles. The lowest BCUT2D eigenvalue weighted by molar-refractivity contribution is 0.766. The van der Waals surface area contributed by atoms with Crippen molar-refractivity contribution in [1.29, 1.82) is 0 Å². The van der Waals surface area contributed by atoms with Crippen LogP contribution < -0.4 is 5.32 Å². The van der Waals surface area contributed by atoms with E-state index in [-0.39, 0.29) is 0 Å². The van der Waals surface area contributed by atoms with E-state index in [0.717, 1.165) is 35.9 Å². The van der Waals surface area contributed by atoms with E-state index in [9.17, 15) is 0 Å². The monoisotopic (exact) mass is 239 g/mol. The van der Waals surface area contributed by atoms with Gasteiger partial charge >= 0.3 is 0 Å². The van der Waals surface area contributed by atoms with Gasteiger partial charge in [-0.05, 0) is 26.0 Å². The van der Waals surface area contributed by atoms with Gasteiger partial charge in [-0.25, -0.2) is 9.97 Å². The number of anilines is 1. The summed E-state index contributed by atoms with van der Waals surface area (Å²) in [5.41, 5.74) is 1.11. The van der Waals surface area contributed by atoms with E-state index in [4.69, 9.17) is 0 Å². The molecule has 0 radical (unpaired) electrons. The summed E-state index contributed by atoms with van der Waals surface area (Å²) in [6.45, 7) is 6.26. The first-order valence-electron chi connectivity index (χ1n) is 5.79. The van der Waals surface area contributed by atoms with E-state index in [1.165, 1.54) is 0 Å². The molecule has 1 unspecified atom stereocenters. The Morgan fingerprint density at radius 1 is 1.38 bits per heavy atom. The van der Waals surface area contributed by atoms with Crippen LogP contribution in [0.1, 0.15) is 31.8 Å². The third-order valence-corrected chi connectivity index (χ3v) is 3.20. The first-order chi connectivity index (χ1) is 7.69. The molecule has 1 atom stereocenters. The zero-order chi connectivity index (χ0) is 12.0. The van der Waals surface area contributed by atoms with Crippen LogP contribution in [0.15, 0.2) is 6.07 Å². The second-order valence-electron chi connectivity index (χ2n) is 3.85. The highest BCUT2D eigenvalue weighted by Crippen LogP contribution is 2.12. The molecule has 1 aromatic heterocycles. The molecule has 1 N–H and O–H groups in total. The van der Waals surface area contributed by atoms with E-state index in [1.807, 2.05) is 18.7 Å². The Bertz CT molecular complexity index is 328. The minimum Gasteiger partial charge on any atom is -0.366 e. The highest BCUT2D eigenvalue weighted by atomic mass is 32.2. The predicted molar refractivity (Wildman–Crippen MR) is 72.2 cm³/mol. The molecule has 90 valence electrons. The van der Waals surface area contributed by atoms with Crippen LogP contribution >= 0.6 is 11.8 Å². The van der Waals surface area contributed by atoms with E-state index >= 15 is 0 Å². The van der Waals surface area contributed by atoms with Crippen molar-refractivity contribution in [2.24, 2.45) is 0 Å². The Morgan fingerprint density at radius 3 is 2.69 bits per heavy atom. The Morgan fingerprint density at radius 2 is 2.12 bits per heavy atom. The fourth-order valence-electron chi connectivity index (χ4n) is 1.56. The molecule has 1 aromatic rings. The van der Waals surface area contributed by atoms with Gasteiger partial charge in [0.25, 0.3) is 0 Å². The summed E-state index contributed by atoms with van der Waals surface area (Å²) in [6.07, 6.45) is 4.20. The van der Waals surface area contributed by atoms with Crippen molar-refractivity contribution in [3.05, 3.63) is 17.6 Å². The van der Waals surface area contributed by atoms with Crippen LogP contribution in [-0.2, 0) is 6.42 Å². The van der Waals surface area contributed by atoms with E-state index in [1.54, 1.807) is 0 Å². The van der Waals surface area contributed by atoms with Crippen LogP contribution in [0.2, 0.25) is 0 Å². The molecule has 0 amide bonds. The molecule has 0 aromatic carbocycles. The average molecular weight is 239 g/mol. The quantitative estimate of drug-likeness (QED) is 0.828. The number of aryl methyl sites for hydroxylation is 2. The van der Waals surface area contributed by atoms with E-state index in [0.29, 0.717) is 6.04 Å². The van der Waals surface area contributed by atoms with Gasteiger partial charge in [0.05, 0.1) is 0 Å². The second-order valence-corrected chi connectivity index (χ2v) is 4.76. The van der Waals surface area contributed by atoms with Gasteiger partial charge in [-0.15, -0.1) is 0 Å². The molecule has 4 heteroatoms. The van der Waals surface area contributed by atoms with Crippen molar-refractivity contribution in [3.8, 4) is 0 Å². The number of hydrogen-bond acceptors (Lipinski definition) is 4. The van der Waals surface area contributed by atoms with Gasteiger partial charge in [-0.2, -0.15) is 11.8 Å². The van der Waals surface area contributed by atoms with E-state index < -0.39 is 0 Å². The molecular weight excluding hydrogens is 218 g/mol. The van der Waals surface area contributed by atoms with Crippen LogP contribution in [-0.4, -0.2) is 28.0 Å². The van der Waals surface area contributed by atoms with Gasteiger partial charge in [-0.1, -0.05) is 13.8 Å². The maximum atomic E-state index is 4.42. The summed E-state index contributed by atoms with van der Waals surface area (Å²) in [6, 6.07) is 2.55. The highest BCUT2D eigenvalue weighted by molar-refractivity contribution is 7.98. The SMILES string of the molecule is CCc1cc(NC(CC)CSC)nc(C)n1. The molecule has 0 aliphatic heterocycles. The smallest absolute Gasteiger partial charge is 0.130 e. The summed E-state index contributed by atoms with van der Waals surface area (Å²) in [4.78, 5) is 8.80. The van der Waals surface area contributed by atoms with Crippen molar-refractivity contribution < 1.29 is 0 Å². The average Bonchev–Trinajstić information content (AvgIpc) is 2.27. The summed E-state index contributed by atoms with van der Waals surface area (Å²) in [7, 11) is 0. The lowest BCUT2D eigenvalue weighted by Crippen LogP contribution is -2.22. The second kappa shape index (κ2) is 6.74. The lowest BCUT2D eigenvalue weighted by Gasteiger charge is -2.17.